The molecule has 1 unspecified atom stereocenters. The molecule has 148 valence electrons. The fraction of sp³-hybridized carbons (Fsp3) is 0.421. The molecule has 1 aromatic carbocycles. The zero-order valence-electron chi connectivity index (χ0n) is 16.2. The minimum absolute atomic E-state index is 0.0267. The molecular formula is C19H27N3O4S. The van der Waals surface area contributed by atoms with Crippen LogP contribution < -0.4 is 10.6 Å². The Morgan fingerprint density at radius 3 is 2.52 bits per heavy atom. The number of carbonyl (C=O) groups is 1. The van der Waals surface area contributed by atoms with Crippen molar-refractivity contribution < 1.29 is 17.6 Å². The molecule has 0 aliphatic carbocycles. The highest BCUT2D eigenvalue weighted by atomic mass is 32.2. The first-order chi connectivity index (χ1) is 12.8. The highest BCUT2D eigenvalue weighted by Crippen LogP contribution is 2.23. The average molecular weight is 394 g/mol. The topological polar surface area (TPSA) is 91.7 Å². The van der Waals surface area contributed by atoms with E-state index >= 15 is 0 Å². The maximum Gasteiger partial charge on any atom is 0.243 e. The third-order valence-corrected chi connectivity index (χ3v) is 6.50. The Hall–Kier alpha value is -2.32. The van der Waals surface area contributed by atoms with Gasteiger partial charge in [0.25, 0.3) is 0 Å². The summed E-state index contributed by atoms with van der Waals surface area (Å²) in [6.45, 7) is 8.05. The van der Waals surface area contributed by atoms with Crippen LogP contribution >= 0.6 is 0 Å². The number of amides is 1. The minimum atomic E-state index is -3.56. The van der Waals surface area contributed by atoms with E-state index in [2.05, 4.69) is 10.6 Å². The lowest BCUT2D eigenvalue weighted by Crippen LogP contribution is -2.32. The van der Waals surface area contributed by atoms with E-state index in [0.717, 1.165) is 0 Å². The van der Waals surface area contributed by atoms with Crippen LogP contribution in [0.3, 0.4) is 0 Å². The number of aryl methyl sites for hydroxylation is 1. The summed E-state index contributed by atoms with van der Waals surface area (Å²) in [6.07, 6.45) is 1.56. The van der Waals surface area contributed by atoms with Crippen LogP contribution in [0, 0.1) is 6.92 Å². The molecule has 2 N–H and O–H groups in total. The van der Waals surface area contributed by atoms with Crippen LogP contribution in [-0.4, -0.2) is 38.3 Å². The number of benzene rings is 1. The molecule has 2 aromatic rings. The number of hydrogen-bond acceptors (Lipinski definition) is 5. The summed E-state index contributed by atoms with van der Waals surface area (Å²) < 4.78 is 32.3. The lowest BCUT2D eigenvalue weighted by Gasteiger charge is -2.20. The predicted octanol–water partition coefficient (Wildman–Crippen LogP) is 2.91. The Kier molecular flexibility index (Phi) is 7.04. The zero-order chi connectivity index (χ0) is 20.0. The number of furan rings is 1. The van der Waals surface area contributed by atoms with Crippen molar-refractivity contribution in [2.75, 3.05) is 25.0 Å². The smallest absolute Gasteiger partial charge is 0.243 e. The summed E-state index contributed by atoms with van der Waals surface area (Å²) in [4.78, 5) is 12.4. The number of rotatable bonds is 9. The standard InChI is InChI=1S/C19H27N3O4S/c1-5-22(6-2)27(24,25)18-12-16(10-9-14(18)3)20-13-19(23)21-15(4)17-8-7-11-26-17/h7-12,15,20H,5-6,13H2,1-4H3,(H,21,23). The molecule has 0 aliphatic rings. The van der Waals surface area contributed by atoms with Crippen molar-refractivity contribution in [3.63, 3.8) is 0 Å². The molecule has 0 fully saturated rings. The van der Waals surface area contributed by atoms with E-state index in [0.29, 0.717) is 30.1 Å². The molecule has 0 saturated heterocycles. The fourth-order valence-electron chi connectivity index (χ4n) is 2.77. The molecule has 0 radical (unpaired) electrons. The molecule has 0 bridgehead atoms. The second-order valence-electron chi connectivity index (χ2n) is 6.23. The molecule has 1 aromatic heterocycles. The summed E-state index contributed by atoms with van der Waals surface area (Å²) in [5.74, 6) is 0.457. The molecule has 1 amide bonds. The Morgan fingerprint density at radius 2 is 1.93 bits per heavy atom. The monoisotopic (exact) mass is 393 g/mol. The van der Waals surface area contributed by atoms with E-state index in [9.17, 15) is 13.2 Å². The number of nitrogens with zero attached hydrogens (tertiary/aromatic N) is 1. The maximum absolute atomic E-state index is 12.8. The number of anilines is 1. The zero-order valence-corrected chi connectivity index (χ0v) is 17.0. The van der Waals surface area contributed by atoms with Gasteiger partial charge in [0.1, 0.15) is 5.76 Å². The van der Waals surface area contributed by atoms with Crippen molar-refractivity contribution in [1.29, 1.82) is 0 Å². The van der Waals surface area contributed by atoms with Crippen LogP contribution in [0.4, 0.5) is 5.69 Å². The molecule has 1 heterocycles. The molecule has 0 aliphatic heterocycles. The average Bonchev–Trinajstić information content (AvgIpc) is 3.16. The van der Waals surface area contributed by atoms with Gasteiger partial charge >= 0.3 is 0 Å². The largest absolute Gasteiger partial charge is 0.467 e. The second kappa shape index (κ2) is 9.05. The molecule has 1 atom stereocenters. The van der Waals surface area contributed by atoms with E-state index < -0.39 is 10.0 Å². The van der Waals surface area contributed by atoms with Crippen LogP contribution in [0.15, 0.2) is 45.9 Å². The summed E-state index contributed by atoms with van der Waals surface area (Å²) in [5, 5.41) is 5.81. The van der Waals surface area contributed by atoms with Crippen molar-refractivity contribution in [3.05, 3.63) is 47.9 Å². The number of sulfonamides is 1. The summed E-state index contributed by atoms with van der Waals surface area (Å²) >= 11 is 0. The van der Waals surface area contributed by atoms with E-state index in [-0.39, 0.29) is 23.4 Å². The minimum Gasteiger partial charge on any atom is -0.467 e. The van der Waals surface area contributed by atoms with Gasteiger partial charge in [0.15, 0.2) is 0 Å². The lowest BCUT2D eigenvalue weighted by molar-refractivity contribution is -0.120. The quantitative estimate of drug-likeness (QED) is 0.683. The maximum atomic E-state index is 12.8. The first-order valence-corrected chi connectivity index (χ1v) is 10.4. The summed E-state index contributed by atoms with van der Waals surface area (Å²) in [7, 11) is -3.56. The van der Waals surface area contributed by atoms with E-state index in [1.54, 1.807) is 43.5 Å². The van der Waals surface area contributed by atoms with E-state index in [1.807, 2.05) is 20.8 Å². The molecule has 27 heavy (non-hydrogen) atoms. The van der Waals surface area contributed by atoms with E-state index in [1.165, 1.54) is 4.31 Å². The van der Waals surface area contributed by atoms with Gasteiger partial charge in [-0.25, -0.2) is 8.42 Å². The van der Waals surface area contributed by atoms with Crippen LogP contribution in [0.2, 0.25) is 0 Å². The van der Waals surface area contributed by atoms with Crippen LogP contribution in [-0.2, 0) is 14.8 Å². The van der Waals surface area contributed by atoms with Gasteiger partial charge in [-0.3, -0.25) is 4.79 Å². The van der Waals surface area contributed by atoms with Gasteiger partial charge < -0.3 is 15.1 Å². The van der Waals surface area contributed by atoms with Crippen LogP contribution in [0.1, 0.15) is 38.1 Å². The van der Waals surface area contributed by atoms with Crippen molar-refractivity contribution in [3.8, 4) is 0 Å². The normalized spacial score (nSPS) is 12.8. The second-order valence-corrected chi connectivity index (χ2v) is 8.13. The molecule has 0 saturated carbocycles. The van der Waals surface area contributed by atoms with Gasteiger partial charge in [0.2, 0.25) is 15.9 Å². The van der Waals surface area contributed by atoms with Gasteiger partial charge in [-0.15, -0.1) is 0 Å². The first-order valence-electron chi connectivity index (χ1n) is 8.97. The third-order valence-electron chi connectivity index (χ3n) is 4.31. The van der Waals surface area contributed by atoms with Gasteiger partial charge in [-0.2, -0.15) is 4.31 Å². The highest BCUT2D eigenvalue weighted by Gasteiger charge is 2.24. The van der Waals surface area contributed by atoms with Crippen molar-refractivity contribution >= 4 is 21.6 Å². The molecule has 2 rings (SSSR count). The highest BCUT2D eigenvalue weighted by molar-refractivity contribution is 7.89. The summed E-state index contributed by atoms with van der Waals surface area (Å²) in [5.41, 5.74) is 1.25. The van der Waals surface area contributed by atoms with Gasteiger partial charge in [-0.1, -0.05) is 19.9 Å². The number of hydrogen-bond donors (Lipinski definition) is 2. The summed E-state index contributed by atoms with van der Waals surface area (Å²) in [6, 6.07) is 8.39. The van der Waals surface area contributed by atoms with Gasteiger partial charge in [-0.05, 0) is 43.7 Å². The van der Waals surface area contributed by atoms with Crippen LogP contribution in [0.5, 0.6) is 0 Å². The molecule has 7 nitrogen and oxygen atoms in total. The van der Waals surface area contributed by atoms with E-state index in [4.69, 9.17) is 4.42 Å². The molecule has 0 spiro atoms. The first kappa shape index (κ1) is 21.0. The third kappa shape index (κ3) is 5.11. The predicted molar refractivity (Wildman–Crippen MR) is 105 cm³/mol. The van der Waals surface area contributed by atoms with Crippen LogP contribution in [0.25, 0.3) is 0 Å². The Labute approximate surface area is 160 Å². The van der Waals surface area contributed by atoms with Crippen molar-refractivity contribution in [2.45, 2.75) is 38.6 Å². The SMILES string of the molecule is CCN(CC)S(=O)(=O)c1cc(NCC(=O)NC(C)c2ccco2)ccc1C. The molecular weight excluding hydrogens is 366 g/mol. The number of nitrogens with one attached hydrogen (secondary N) is 2. The van der Waals surface area contributed by atoms with Crippen molar-refractivity contribution in [1.82, 2.24) is 9.62 Å². The number of carbonyl (C=O) groups excluding carboxylic acids is 1. The van der Waals surface area contributed by atoms with Gasteiger partial charge in [0.05, 0.1) is 23.7 Å². The van der Waals surface area contributed by atoms with Crippen molar-refractivity contribution in [2.24, 2.45) is 0 Å². The Balaban J connectivity index is 2.06. The van der Waals surface area contributed by atoms with Gasteiger partial charge in [0, 0.05) is 18.8 Å². The Bertz CT molecular complexity index is 859. The lowest BCUT2D eigenvalue weighted by atomic mass is 10.2. The fourth-order valence-corrected chi connectivity index (χ4v) is 4.48. The molecule has 8 heteroatoms. The Morgan fingerprint density at radius 1 is 1.22 bits per heavy atom.